The molecule has 2 aliphatic carbocycles. The second-order valence-electron chi connectivity index (χ2n) is 4.96. The molecule has 2 saturated carbocycles. The molecule has 3 atom stereocenters. The van der Waals surface area contributed by atoms with Gasteiger partial charge in [0.05, 0.1) is 4.47 Å². The highest BCUT2D eigenvalue weighted by Crippen LogP contribution is 2.52. The van der Waals surface area contributed by atoms with Crippen molar-refractivity contribution in [3.05, 3.63) is 16.5 Å². The first-order valence-corrected chi connectivity index (χ1v) is 6.77. The fourth-order valence-corrected chi connectivity index (χ4v) is 3.68. The molecule has 0 saturated heterocycles. The van der Waals surface area contributed by atoms with Crippen molar-refractivity contribution in [1.82, 2.24) is 9.97 Å². The van der Waals surface area contributed by atoms with E-state index in [0.717, 1.165) is 28.0 Å². The molecule has 16 heavy (non-hydrogen) atoms. The maximum atomic E-state index is 4.62. The number of rotatable bonds is 2. The summed E-state index contributed by atoms with van der Waals surface area (Å²) in [5.74, 6) is 4.35. The van der Waals surface area contributed by atoms with Crippen molar-refractivity contribution in [2.24, 2.45) is 11.8 Å². The highest BCUT2D eigenvalue weighted by molar-refractivity contribution is 9.10. The quantitative estimate of drug-likeness (QED) is 0.905. The maximum absolute atomic E-state index is 4.62. The number of nitrogens with one attached hydrogen (secondary N) is 1. The molecule has 86 valence electrons. The highest BCUT2D eigenvalue weighted by atomic mass is 79.9. The third-order valence-corrected chi connectivity index (χ3v) is 4.65. The van der Waals surface area contributed by atoms with Crippen LogP contribution < -0.4 is 5.32 Å². The zero-order valence-electron chi connectivity index (χ0n) is 9.41. The Kier molecular flexibility index (Phi) is 2.62. The average molecular weight is 282 g/mol. The number of hydrogen-bond donors (Lipinski definition) is 1. The first-order valence-electron chi connectivity index (χ1n) is 5.98. The monoisotopic (exact) mass is 281 g/mol. The summed E-state index contributed by atoms with van der Waals surface area (Å²) in [6.07, 6.45) is 7.38. The van der Waals surface area contributed by atoms with Crippen LogP contribution in [0, 0.1) is 11.8 Å². The van der Waals surface area contributed by atoms with Gasteiger partial charge in [-0.3, -0.25) is 0 Å². The van der Waals surface area contributed by atoms with Gasteiger partial charge < -0.3 is 5.32 Å². The van der Waals surface area contributed by atoms with E-state index in [4.69, 9.17) is 0 Å². The summed E-state index contributed by atoms with van der Waals surface area (Å²) in [5, 5.41) is 3.11. The van der Waals surface area contributed by atoms with Gasteiger partial charge in [-0.25, -0.2) is 9.97 Å². The van der Waals surface area contributed by atoms with E-state index < -0.39 is 0 Å². The van der Waals surface area contributed by atoms with E-state index in [0.29, 0.717) is 5.92 Å². The zero-order valence-corrected chi connectivity index (χ0v) is 11.0. The minimum Gasteiger partial charge on any atom is -0.372 e. The van der Waals surface area contributed by atoms with Crippen molar-refractivity contribution < 1.29 is 0 Å². The topological polar surface area (TPSA) is 37.8 Å². The summed E-state index contributed by atoms with van der Waals surface area (Å²) in [5.41, 5.74) is 0. The molecule has 0 aromatic carbocycles. The van der Waals surface area contributed by atoms with Crippen molar-refractivity contribution in [3.8, 4) is 0 Å². The second-order valence-corrected chi connectivity index (χ2v) is 5.81. The molecule has 1 aromatic rings. The SMILES string of the molecule is CNc1nc(C2CC3CCC2C3)ncc1Br. The first-order chi connectivity index (χ1) is 7.78. The molecule has 1 heterocycles. The number of aromatic nitrogens is 2. The molecule has 1 N–H and O–H groups in total. The van der Waals surface area contributed by atoms with Gasteiger partial charge in [-0.05, 0) is 47.0 Å². The van der Waals surface area contributed by atoms with Crippen LogP contribution in [0.4, 0.5) is 5.82 Å². The summed E-state index contributed by atoms with van der Waals surface area (Å²) in [6, 6.07) is 0. The van der Waals surface area contributed by atoms with Gasteiger partial charge in [-0.15, -0.1) is 0 Å². The zero-order chi connectivity index (χ0) is 11.1. The molecule has 0 spiro atoms. The average Bonchev–Trinajstić information content (AvgIpc) is 2.91. The van der Waals surface area contributed by atoms with Crippen molar-refractivity contribution in [2.75, 3.05) is 12.4 Å². The molecule has 3 rings (SSSR count). The van der Waals surface area contributed by atoms with Crippen LogP contribution >= 0.6 is 15.9 Å². The number of anilines is 1. The smallest absolute Gasteiger partial charge is 0.143 e. The minimum atomic E-state index is 0.610. The van der Waals surface area contributed by atoms with Gasteiger partial charge in [0.1, 0.15) is 11.6 Å². The number of fused-ring (bicyclic) bond motifs is 2. The molecule has 4 heteroatoms. The summed E-state index contributed by atoms with van der Waals surface area (Å²) < 4.78 is 0.946. The normalized spacial score (nSPS) is 32.0. The minimum absolute atomic E-state index is 0.610. The lowest BCUT2D eigenvalue weighted by molar-refractivity contribution is 0.405. The molecule has 0 amide bonds. The second kappa shape index (κ2) is 3.99. The van der Waals surface area contributed by atoms with Gasteiger partial charge in [0.25, 0.3) is 0 Å². The third kappa shape index (κ3) is 1.63. The van der Waals surface area contributed by atoms with E-state index in [1.807, 2.05) is 13.2 Å². The van der Waals surface area contributed by atoms with Crippen molar-refractivity contribution in [2.45, 2.75) is 31.6 Å². The van der Waals surface area contributed by atoms with E-state index in [1.165, 1.54) is 25.7 Å². The predicted molar refractivity (Wildman–Crippen MR) is 67.5 cm³/mol. The molecule has 2 fully saturated rings. The molecule has 2 aliphatic rings. The van der Waals surface area contributed by atoms with Crippen molar-refractivity contribution in [3.63, 3.8) is 0 Å². The fourth-order valence-electron chi connectivity index (χ4n) is 3.30. The van der Waals surface area contributed by atoms with Crippen LogP contribution in [0.3, 0.4) is 0 Å². The molecule has 0 aliphatic heterocycles. The molecule has 2 bridgehead atoms. The van der Waals surface area contributed by atoms with Crippen LogP contribution in [-0.2, 0) is 0 Å². The van der Waals surface area contributed by atoms with Gasteiger partial charge in [-0.1, -0.05) is 6.42 Å². The summed E-state index contributed by atoms with van der Waals surface area (Å²) in [6.45, 7) is 0. The lowest BCUT2D eigenvalue weighted by Crippen LogP contribution is -2.13. The lowest BCUT2D eigenvalue weighted by atomic mass is 9.88. The number of hydrogen-bond acceptors (Lipinski definition) is 3. The molecule has 0 radical (unpaired) electrons. The lowest BCUT2D eigenvalue weighted by Gasteiger charge is -2.20. The number of nitrogens with zero attached hydrogens (tertiary/aromatic N) is 2. The van der Waals surface area contributed by atoms with Crippen LogP contribution in [0.15, 0.2) is 10.7 Å². The Bertz CT molecular complexity index is 407. The summed E-state index contributed by atoms with van der Waals surface area (Å²) in [7, 11) is 1.90. The third-order valence-electron chi connectivity index (χ3n) is 4.07. The van der Waals surface area contributed by atoms with Crippen LogP contribution in [-0.4, -0.2) is 17.0 Å². The van der Waals surface area contributed by atoms with Gasteiger partial charge in [0.2, 0.25) is 0 Å². The van der Waals surface area contributed by atoms with Gasteiger partial charge in [-0.2, -0.15) is 0 Å². The Morgan fingerprint density at radius 2 is 2.25 bits per heavy atom. The van der Waals surface area contributed by atoms with Gasteiger partial charge in [0.15, 0.2) is 0 Å². The van der Waals surface area contributed by atoms with Gasteiger partial charge >= 0.3 is 0 Å². The Labute approximate surface area is 104 Å². The van der Waals surface area contributed by atoms with E-state index in [-0.39, 0.29) is 0 Å². The Hall–Kier alpha value is -0.640. The van der Waals surface area contributed by atoms with Crippen LogP contribution in [0.25, 0.3) is 0 Å². The maximum Gasteiger partial charge on any atom is 0.143 e. The Morgan fingerprint density at radius 3 is 2.88 bits per heavy atom. The van der Waals surface area contributed by atoms with E-state index >= 15 is 0 Å². The molecule has 3 unspecified atom stereocenters. The largest absolute Gasteiger partial charge is 0.372 e. The fraction of sp³-hybridized carbons (Fsp3) is 0.667. The molecule has 1 aromatic heterocycles. The van der Waals surface area contributed by atoms with Crippen molar-refractivity contribution in [1.29, 1.82) is 0 Å². The van der Waals surface area contributed by atoms with E-state index in [1.54, 1.807) is 0 Å². The summed E-state index contributed by atoms with van der Waals surface area (Å²) in [4.78, 5) is 9.11. The Morgan fingerprint density at radius 1 is 1.38 bits per heavy atom. The predicted octanol–water partition coefficient (Wildman–Crippen LogP) is 3.18. The van der Waals surface area contributed by atoms with Crippen LogP contribution in [0.1, 0.15) is 37.4 Å². The van der Waals surface area contributed by atoms with Gasteiger partial charge in [0, 0.05) is 19.2 Å². The Balaban J connectivity index is 1.89. The highest BCUT2D eigenvalue weighted by Gasteiger charge is 2.41. The van der Waals surface area contributed by atoms with Crippen LogP contribution in [0.2, 0.25) is 0 Å². The van der Waals surface area contributed by atoms with Crippen molar-refractivity contribution >= 4 is 21.7 Å². The van der Waals surface area contributed by atoms with Crippen LogP contribution in [0.5, 0.6) is 0 Å². The van der Waals surface area contributed by atoms with E-state index in [2.05, 4.69) is 31.2 Å². The molecular formula is C12H16BrN3. The summed E-state index contributed by atoms with van der Waals surface area (Å²) >= 11 is 3.45. The number of halogens is 1. The standard InChI is InChI=1S/C12H16BrN3/c1-14-12-10(13)6-15-11(16-12)9-5-7-2-3-8(9)4-7/h6-9H,2-5H2,1H3,(H,14,15,16). The molecular weight excluding hydrogens is 266 g/mol. The van der Waals surface area contributed by atoms with E-state index in [9.17, 15) is 0 Å². The molecule has 3 nitrogen and oxygen atoms in total. The first kappa shape index (κ1) is 10.5.